The smallest absolute Gasteiger partial charge is 0.309 e. The maximum atomic E-state index is 13.7. The maximum Gasteiger partial charge on any atom is 0.309 e. The van der Waals surface area contributed by atoms with E-state index in [1.54, 1.807) is 5.57 Å². The molecule has 0 aromatic heterocycles. The van der Waals surface area contributed by atoms with E-state index in [0.717, 1.165) is 61.2 Å². The van der Waals surface area contributed by atoms with Crippen LogP contribution in [0.2, 0.25) is 0 Å². The van der Waals surface area contributed by atoms with Crippen LogP contribution in [0.25, 0.3) is 0 Å². The molecule has 0 radical (unpaired) electrons. The predicted molar refractivity (Wildman–Crippen MR) is 198 cm³/mol. The van der Waals surface area contributed by atoms with Gasteiger partial charge in [-0.05, 0) is 104 Å². The molecule has 0 bridgehead atoms. The van der Waals surface area contributed by atoms with Gasteiger partial charge in [0, 0.05) is 6.42 Å². The van der Waals surface area contributed by atoms with Crippen molar-refractivity contribution in [3.8, 4) is 0 Å². The van der Waals surface area contributed by atoms with Crippen molar-refractivity contribution in [3.63, 3.8) is 0 Å². The number of hydrogen-bond acceptors (Lipinski definition) is 2. The second-order valence-corrected chi connectivity index (χ2v) is 18.0. The Morgan fingerprint density at radius 1 is 0.761 bits per heavy atom. The number of fused-ring (bicyclic) bond motifs is 5. The molecule has 3 saturated carbocycles. The molecule has 4 aliphatic rings. The lowest BCUT2D eigenvalue weighted by atomic mass is 9.47. The van der Waals surface area contributed by atoms with Crippen LogP contribution < -0.4 is 0 Å². The van der Waals surface area contributed by atoms with Gasteiger partial charge < -0.3 is 4.74 Å². The summed E-state index contributed by atoms with van der Waals surface area (Å²) in [5.74, 6) is 5.51. The summed E-state index contributed by atoms with van der Waals surface area (Å²) in [6.45, 7) is 17.3. The fraction of sp³-hybridized carbons (Fsp3) is 0.932. The molecular weight excluding hydrogens is 560 g/mol. The van der Waals surface area contributed by atoms with E-state index < -0.39 is 0 Å². The van der Waals surface area contributed by atoms with E-state index in [-0.39, 0.29) is 18.0 Å². The first kappa shape index (κ1) is 38.0. The van der Waals surface area contributed by atoms with E-state index in [1.165, 1.54) is 128 Å². The van der Waals surface area contributed by atoms with E-state index in [1.807, 2.05) is 0 Å². The average molecular weight is 639 g/mol. The first-order valence-corrected chi connectivity index (χ1v) is 21.0. The highest BCUT2D eigenvalue weighted by atomic mass is 16.5. The van der Waals surface area contributed by atoms with Crippen molar-refractivity contribution in [3.05, 3.63) is 11.6 Å². The van der Waals surface area contributed by atoms with Gasteiger partial charge in [0.05, 0.1) is 5.92 Å². The molecule has 0 spiro atoms. The lowest BCUT2D eigenvalue weighted by molar-refractivity contribution is -0.157. The van der Waals surface area contributed by atoms with E-state index in [0.29, 0.717) is 10.8 Å². The molecule has 0 amide bonds. The van der Waals surface area contributed by atoms with Gasteiger partial charge in [-0.1, -0.05) is 150 Å². The van der Waals surface area contributed by atoms with Gasteiger partial charge in [-0.2, -0.15) is 0 Å². The first-order chi connectivity index (χ1) is 22.1. The number of hydrogen-bond donors (Lipinski definition) is 0. The van der Waals surface area contributed by atoms with Crippen molar-refractivity contribution in [2.75, 3.05) is 0 Å². The van der Waals surface area contributed by atoms with Gasteiger partial charge in [-0.25, -0.2) is 0 Å². The molecule has 0 aromatic carbocycles. The Bertz CT molecular complexity index is 934. The summed E-state index contributed by atoms with van der Waals surface area (Å²) in [5, 5.41) is 0. The van der Waals surface area contributed by atoms with Crippen LogP contribution in [-0.4, -0.2) is 12.1 Å². The molecular formula is C44H78O2. The van der Waals surface area contributed by atoms with Crippen LogP contribution in [0.1, 0.15) is 203 Å². The Hall–Kier alpha value is -0.790. The number of carbonyl (C=O) groups is 1. The second kappa shape index (κ2) is 18.3. The number of allylic oxidation sites excluding steroid dienone is 1. The molecule has 0 aromatic rings. The summed E-state index contributed by atoms with van der Waals surface area (Å²) in [4.78, 5) is 13.7. The van der Waals surface area contributed by atoms with Crippen LogP contribution in [0.5, 0.6) is 0 Å². The van der Waals surface area contributed by atoms with Crippen molar-refractivity contribution in [2.45, 2.75) is 209 Å². The Kier molecular flexibility index (Phi) is 15.1. The number of carbonyl (C=O) groups excluding carboxylic acids is 1. The molecule has 0 heterocycles. The highest BCUT2D eigenvalue weighted by molar-refractivity contribution is 5.72. The zero-order valence-electron chi connectivity index (χ0n) is 32.0. The van der Waals surface area contributed by atoms with E-state index in [9.17, 15) is 4.79 Å². The minimum absolute atomic E-state index is 0.104. The lowest BCUT2D eigenvalue weighted by Crippen LogP contribution is -2.51. The largest absolute Gasteiger partial charge is 0.462 e. The summed E-state index contributed by atoms with van der Waals surface area (Å²) in [6, 6.07) is 0. The quantitative estimate of drug-likeness (QED) is 0.0753. The van der Waals surface area contributed by atoms with Gasteiger partial charge in [0.15, 0.2) is 0 Å². The number of esters is 1. The van der Waals surface area contributed by atoms with Gasteiger partial charge in [-0.3, -0.25) is 4.79 Å². The van der Waals surface area contributed by atoms with Crippen molar-refractivity contribution < 1.29 is 9.53 Å². The average Bonchev–Trinajstić information content (AvgIpc) is 3.39. The van der Waals surface area contributed by atoms with Crippen LogP contribution in [0.15, 0.2) is 11.6 Å². The Labute approximate surface area is 287 Å². The molecule has 3 fully saturated rings. The molecule has 0 saturated heterocycles. The summed E-state index contributed by atoms with van der Waals surface area (Å²) in [5.41, 5.74) is 2.53. The zero-order chi connectivity index (χ0) is 33.2. The van der Waals surface area contributed by atoms with Gasteiger partial charge >= 0.3 is 5.97 Å². The van der Waals surface area contributed by atoms with Crippen molar-refractivity contribution in [2.24, 2.45) is 52.3 Å². The van der Waals surface area contributed by atoms with Gasteiger partial charge in [0.2, 0.25) is 0 Å². The predicted octanol–water partition coefficient (Wildman–Crippen LogP) is 13.7. The molecule has 0 aliphatic heterocycles. The minimum atomic E-state index is 0.104. The maximum absolute atomic E-state index is 13.7. The van der Waals surface area contributed by atoms with Crippen LogP contribution in [0.4, 0.5) is 0 Å². The summed E-state index contributed by atoms with van der Waals surface area (Å²) in [6.07, 6.45) is 33.6. The standard InChI is InChI=1S/C44H78O2/c1-8-10-12-14-15-16-18-23-35(22-17-13-11-9-2)42(45)46-37-28-30-43(6)36(32-37)24-25-38-40-27-26-39(34(5)21-19-20-33(3)4)44(40,7)31-29-41(38)43/h24,33-35,37-41H,8-23,25-32H2,1-7H3/t34-,35?,37+,38+,39-,40+,41+,43+,44-/m1/s1. The third-order valence-corrected chi connectivity index (χ3v) is 14.4. The summed E-state index contributed by atoms with van der Waals surface area (Å²) in [7, 11) is 0. The van der Waals surface area contributed by atoms with Crippen LogP contribution >= 0.6 is 0 Å². The lowest BCUT2D eigenvalue weighted by Gasteiger charge is -2.58. The van der Waals surface area contributed by atoms with Gasteiger partial charge in [0.25, 0.3) is 0 Å². The third kappa shape index (κ3) is 9.46. The number of unbranched alkanes of at least 4 members (excludes halogenated alkanes) is 9. The number of rotatable bonds is 20. The minimum Gasteiger partial charge on any atom is -0.462 e. The second-order valence-electron chi connectivity index (χ2n) is 18.0. The van der Waals surface area contributed by atoms with Crippen molar-refractivity contribution in [1.82, 2.24) is 0 Å². The molecule has 266 valence electrons. The first-order valence-electron chi connectivity index (χ1n) is 21.0. The summed E-state index contributed by atoms with van der Waals surface area (Å²) >= 11 is 0. The third-order valence-electron chi connectivity index (χ3n) is 14.4. The van der Waals surface area contributed by atoms with E-state index in [2.05, 4.69) is 54.5 Å². The van der Waals surface area contributed by atoms with Crippen LogP contribution in [0, 0.1) is 52.3 Å². The normalized spacial score (nSPS) is 33.6. The van der Waals surface area contributed by atoms with Gasteiger partial charge in [0.1, 0.15) is 6.10 Å². The monoisotopic (exact) mass is 639 g/mol. The molecule has 1 unspecified atom stereocenters. The van der Waals surface area contributed by atoms with Crippen LogP contribution in [0.3, 0.4) is 0 Å². The fourth-order valence-corrected chi connectivity index (χ4v) is 11.6. The van der Waals surface area contributed by atoms with Crippen molar-refractivity contribution >= 4 is 5.97 Å². The highest BCUT2D eigenvalue weighted by Crippen LogP contribution is 2.67. The number of ether oxygens (including phenoxy) is 1. The van der Waals surface area contributed by atoms with Crippen molar-refractivity contribution in [1.29, 1.82) is 0 Å². The van der Waals surface area contributed by atoms with E-state index >= 15 is 0 Å². The molecule has 46 heavy (non-hydrogen) atoms. The molecule has 2 heteroatoms. The Balaban J connectivity index is 1.32. The van der Waals surface area contributed by atoms with Gasteiger partial charge in [-0.15, -0.1) is 0 Å². The molecule has 4 rings (SSSR count). The topological polar surface area (TPSA) is 26.3 Å². The highest BCUT2D eigenvalue weighted by Gasteiger charge is 2.59. The molecule has 4 aliphatic carbocycles. The molecule has 2 nitrogen and oxygen atoms in total. The SMILES string of the molecule is CCCCCCCCCC(CCCCCC)C(=O)O[C@H]1CC[C@@]2(C)C(=CC[C@H]3[C@@H]4CC[C@H]([C@H](C)CCCC(C)C)[C@@]4(C)CC[C@@H]32)C1. The van der Waals surface area contributed by atoms with Crippen LogP contribution in [-0.2, 0) is 9.53 Å². The molecule has 9 atom stereocenters. The zero-order valence-corrected chi connectivity index (χ0v) is 32.0. The molecule has 0 N–H and O–H groups in total. The Morgan fingerprint density at radius 2 is 1.41 bits per heavy atom. The summed E-state index contributed by atoms with van der Waals surface area (Å²) < 4.78 is 6.44. The van der Waals surface area contributed by atoms with E-state index in [4.69, 9.17) is 4.74 Å². The fourth-order valence-electron chi connectivity index (χ4n) is 11.6. The Morgan fingerprint density at radius 3 is 2.09 bits per heavy atom.